The number of carbonyl (C=O) groups is 3. The first kappa shape index (κ1) is 27.6. The Balaban J connectivity index is 1.53. The van der Waals surface area contributed by atoms with Crippen LogP contribution >= 0.6 is 11.6 Å². The molecule has 3 amide bonds. The lowest BCUT2D eigenvalue weighted by Crippen LogP contribution is -2.57. The number of amides is 3. The highest BCUT2D eigenvalue weighted by Crippen LogP contribution is 2.65. The smallest absolute Gasteiger partial charge is 0.250 e. The molecule has 3 N–H and O–H groups in total. The van der Waals surface area contributed by atoms with E-state index in [1.807, 2.05) is 58.0 Å². The second-order valence-electron chi connectivity index (χ2n) is 11.6. The Kier molecular flexibility index (Phi) is 7.24. The van der Waals surface area contributed by atoms with Crippen LogP contribution in [0.2, 0.25) is 5.02 Å². The van der Waals surface area contributed by atoms with Crippen molar-refractivity contribution in [3.8, 4) is 0 Å². The molecule has 0 radical (unpaired) electrons. The topological polar surface area (TPSA) is 108 Å². The summed E-state index contributed by atoms with van der Waals surface area (Å²) in [5.74, 6) is -2.83. The molecule has 5 rings (SSSR count). The Hall–Kier alpha value is -2.94. The number of hydrogen-bond acceptors (Lipinski definition) is 5. The van der Waals surface area contributed by atoms with E-state index < -0.39 is 41.0 Å². The van der Waals surface area contributed by atoms with E-state index in [0.29, 0.717) is 23.7 Å². The summed E-state index contributed by atoms with van der Waals surface area (Å²) in [6.07, 6.45) is 0.452. The maximum Gasteiger partial charge on any atom is 0.250 e. The fraction of sp³-hybridized carbons (Fsp3) is 0.500. The number of anilines is 1. The Bertz CT molecular complexity index is 1260. The van der Waals surface area contributed by atoms with Crippen molar-refractivity contribution in [1.29, 1.82) is 0 Å². The normalized spacial score (nSPS) is 31.9. The third-order valence-electron chi connectivity index (χ3n) is 9.02. The lowest BCUT2D eigenvalue weighted by Gasteiger charge is -2.38. The van der Waals surface area contributed by atoms with E-state index in [-0.39, 0.29) is 30.3 Å². The molecule has 2 aromatic carbocycles. The van der Waals surface area contributed by atoms with Gasteiger partial charge in [-0.1, -0.05) is 62.7 Å². The Labute approximate surface area is 234 Å². The van der Waals surface area contributed by atoms with Gasteiger partial charge in [-0.2, -0.15) is 0 Å². The van der Waals surface area contributed by atoms with Crippen LogP contribution in [0.25, 0.3) is 0 Å². The van der Waals surface area contributed by atoms with Crippen LogP contribution in [-0.4, -0.2) is 57.6 Å². The van der Waals surface area contributed by atoms with Crippen molar-refractivity contribution >= 4 is 35.0 Å². The van der Waals surface area contributed by atoms with Gasteiger partial charge in [-0.3, -0.25) is 14.4 Å². The van der Waals surface area contributed by atoms with E-state index >= 15 is 0 Å². The molecule has 208 valence electrons. The summed E-state index contributed by atoms with van der Waals surface area (Å²) in [6, 6.07) is 14.7. The van der Waals surface area contributed by atoms with Crippen molar-refractivity contribution in [3.05, 3.63) is 65.2 Å². The summed E-state index contributed by atoms with van der Waals surface area (Å²) in [5.41, 5.74) is -0.634. The number of ether oxygens (including phenoxy) is 1. The fourth-order valence-corrected chi connectivity index (χ4v) is 7.12. The van der Waals surface area contributed by atoms with Crippen LogP contribution in [0.1, 0.15) is 39.7 Å². The highest BCUT2D eigenvalue weighted by Gasteiger charge is 2.80. The lowest BCUT2D eigenvalue weighted by molar-refractivity contribution is -0.150. The van der Waals surface area contributed by atoms with Crippen LogP contribution in [0.4, 0.5) is 5.69 Å². The number of fused-ring (bicyclic) bond motifs is 1. The minimum absolute atomic E-state index is 0.0774. The zero-order valence-electron chi connectivity index (χ0n) is 22.7. The molecular formula is C30H36ClN3O5. The van der Waals surface area contributed by atoms with Crippen molar-refractivity contribution in [3.63, 3.8) is 0 Å². The van der Waals surface area contributed by atoms with E-state index in [4.69, 9.17) is 16.3 Å². The van der Waals surface area contributed by atoms with Crippen molar-refractivity contribution in [2.24, 2.45) is 23.7 Å². The fourth-order valence-electron chi connectivity index (χ4n) is 6.99. The van der Waals surface area contributed by atoms with Crippen LogP contribution < -0.4 is 10.6 Å². The molecule has 3 fully saturated rings. The third kappa shape index (κ3) is 4.42. The summed E-state index contributed by atoms with van der Waals surface area (Å²) in [6.45, 7) is 7.71. The zero-order chi connectivity index (χ0) is 28.1. The van der Waals surface area contributed by atoms with Gasteiger partial charge in [-0.05, 0) is 55.0 Å². The van der Waals surface area contributed by atoms with Gasteiger partial charge in [0.05, 0.1) is 30.1 Å². The van der Waals surface area contributed by atoms with E-state index in [9.17, 15) is 19.5 Å². The van der Waals surface area contributed by atoms with Gasteiger partial charge >= 0.3 is 0 Å². The van der Waals surface area contributed by atoms with Gasteiger partial charge in [0.2, 0.25) is 17.7 Å². The molecule has 2 aromatic rings. The Morgan fingerprint density at radius 3 is 2.41 bits per heavy atom. The van der Waals surface area contributed by atoms with Crippen molar-refractivity contribution in [2.45, 2.75) is 63.9 Å². The average molecular weight is 554 g/mol. The summed E-state index contributed by atoms with van der Waals surface area (Å²) < 4.78 is 6.75. The maximum atomic E-state index is 14.3. The molecule has 3 aliphatic heterocycles. The molecule has 39 heavy (non-hydrogen) atoms. The number of rotatable bonds is 8. The van der Waals surface area contributed by atoms with Crippen molar-refractivity contribution in [1.82, 2.24) is 10.2 Å². The van der Waals surface area contributed by atoms with Gasteiger partial charge in [0.15, 0.2) is 0 Å². The van der Waals surface area contributed by atoms with Gasteiger partial charge in [0.25, 0.3) is 0 Å². The van der Waals surface area contributed by atoms with E-state index in [1.54, 1.807) is 24.3 Å². The molecule has 3 unspecified atom stereocenters. The highest BCUT2D eigenvalue weighted by atomic mass is 35.5. The zero-order valence-corrected chi connectivity index (χ0v) is 23.4. The second-order valence-corrected chi connectivity index (χ2v) is 12.1. The molecule has 0 saturated carbocycles. The van der Waals surface area contributed by atoms with Crippen LogP contribution in [-0.2, 0) is 25.7 Å². The number of hydrogen-bond donors (Lipinski definition) is 3. The predicted molar refractivity (Wildman–Crippen MR) is 148 cm³/mol. The number of benzene rings is 2. The molecule has 0 aromatic heterocycles. The quantitative estimate of drug-likeness (QED) is 0.463. The maximum absolute atomic E-state index is 14.3. The number of aliphatic hydroxyl groups excluding tert-OH is 1. The van der Waals surface area contributed by atoms with Gasteiger partial charge < -0.3 is 25.4 Å². The molecule has 8 nitrogen and oxygen atoms in total. The van der Waals surface area contributed by atoms with Gasteiger partial charge in [-0.25, -0.2) is 0 Å². The summed E-state index contributed by atoms with van der Waals surface area (Å²) in [4.78, 5) is 43.6. The van der Waals surface area contributed by atoms with Crippen molar-refractivity contribution < 1.29 is 24.2 Å². The first-order valence-electron chi connectivity index (χ1n) is 13.5. The second kappa shape index (κ2) is 10.2. The summed E-state index contributed by atoms with van der Waals surface area (Å²) >= 11 is 6.03. The highest BCUT2D eigenvalue weighted by molar-refractivity contribution is 6.30. The first-order chi connectivity index (χ1) is 18.5. The van der Waals surface area contributed by atoms with Gasteiger partial charge in [0.1, 0.15) is 11.6 Å². The van der Waals surface area contributed by atoms with E-state index in [0.717, 1.165) is 5.56 Å². The lowest BCUT2D eigenvalue weighted by atomic mass is 9.62. The predicted octanol–water partition coefficient (Wildman–Crippen LogP) is 3.62. The largest absolute Gasteiger partial charge is 0.394 e. The molecule has 3 aliphatic rings. The number of likely N-dealkylation sites (tertiary alicyclic amines) is 1. The van der Waals surface area contributed by atoms with Gasteiger partial charge in [-0.15, -0.1) is 0 Å². The monoisotopic (exact) mass is 553 g/mol. The molecule has 3 saturated heterocycles. The van der Waals surface area contributed by atoms with Crippen LogP contribution in [0.15, 0.2) is 54.6 Å². The molecule has 7 atom stereocenters. The number of halogens is 1. The Morgan fingerprint density at radius 2 is 1.79 bits per heavy atom. The molecule has 9 heteroatoms. The average Bonchev–Trinajstić information content (AvgIpc) is 3.42. The molecule has 3 heterocycles. The summed E-state index contributed by atoms with van der Waals surface area (Å²) in [7, 11) is 0. The minimum Gasteiger partial charge on any atom is -0.394 e. The molecule has 1 spiro atoms. The van der Waals surface area contributed by atoms with Gasteiger partial charge in [0, 0.05) is 17.3 Å². The number of nitrogens with zero attached hydrogens (tertiary/aromatic N) is 1. The molecule has 2 bridgehead atoms. The van der Waals surface area contributed by atoms with Crippen molar-refractivity contribution in [2.75, 3.05) is 11.9 Å². The van der Waals surface area contributed by atoms with Crippen LogP contribution in [0.3, 0.4) is 0 Å². The number of nitrogens with one attached hydrogen (secondary N) is 2. The van der Waals surface area contributed by atoms with Crippen LogP contribution in [0.5, 0.6) is 0 Å². The SMILES string of the molecule is CC(C)[C@H](CO)N1C(=O)[C@@H]2[C@H](C(=O)NCc3ccccc3)[C@@]3(C)OC2(CC3C)C1C(=O)Nc1ccc(Cl)cc1. The minimum atomic E-state index is -1.20. The third-order valence-corrected chi connectivity index (χ3v) is 9.27. The summed E-state index contributed by atoms with van der Waals surface area (Å²) in [5, 5.41) is 16.8. The van der Waals surface area contributed by atoms with Crippen LogP contribution in [0, 0.1) is 23.7 Å². The molecular weight excluding hydrogens is 518 g/mol. The molecule has 0 aliphatic carbocycles. The number of carbonyl (C=O) groups excluding carboxylic acids is 3. The standard InChI is InChI=1S/C30H36ClN3O5/c1-17(2)22(16-35)34-25(27(37)33-21-12-10-20(31)11-13-21)30-14-18(3)29(4,39-30)23(24(30)28(34)38)26(36)32-15-19-8-6-5-7-9-19/h5-13,17-18,22-25,35H,14-16H2,1-4H3,(H,32,36)(H,33,37)/t18?,22-,23+,24-,25?,29-,30?/m0/s1. The first-order valence-corrected chi connectivity index (χ1v) is 13.9. The number of aliphatic hydroxyl groups is 1. The van der Waals surface area contributed by atoms with E-state index in [2.05, 4.69) is 10.6 Å². The van der Waals surface area contributed by atoms with E-state index in [1.165, 1.54) is 4.90 Å². The Morgan fingerprint density at radius 1 is 1.13 bits per heavy atom.